The molecule has 3 heterocycles. The SMILES string of the molecule is CCC1CCC(C)N1C(=O)c1sc2nc(C)ccc2c1N. The number of hydrogen-bond donors (Lipinski definition) is 1. The summed E-state index contributed by atoms with van der Waals surface area (Å²) in [6.45, 7) is 6.22. The van der Waals surface area contributed by atoms with Gasteiger partial charge in [0, 0.05) is 23.2 Å². The molecule has 1 fully saturated rings. The number of nitrogen functional groups attached to an aromatic ring is 1. The van der Waals surface area contributed by atoms with Gasteiger partial charge in [-0.1, -0.05) is 6.92 Å². The molecule has 3 rings (SSSR count). The highest BCUT2D eigenvalue weighted by atomic mass is 32.1. The first-order valence-electron chi connectivity index (χ1n) is 7.51. The number of rotatable bonds is 2. The van der Waals surface area contributed by atoms with E-state index in [4.69, 9.17) is 5.73 Å². The van der Waals surface area contributed by atoms with Gasteiger partial charge in [-0.25, -0.2) is 4.98 Å². The number of thiophene rings is 1. The van der Waals surface area contributed by atoms with Crippen LogP contribution in [0.25, 0.3) is 10.2 Å². The zero-order chi connectivity index (χ0) is 15.1. The van der Waals surface area contributed by atoms with E-state index in [1.54, 1.807) is 0 Å². The summed E-state index contributed by atoms with van der Waals surface area (Å²) in [5.41, 5.74) is 7.75. The van der Waals surface area contributed by atoms with Gasteiger partial charge >= 0.3 is 0 Å². The molecular formula is C16H21N3OS. The zero-order valence-electron chi connectivity index (χ0n) is 12.7. The van der Waals surface area contributed by atoms with Crippen molar-refractivity contribution < 1.29 is 4.79 Å². The van der Waals surface area contributed by atoms with Crippen LogP contribution < -0.4 is 5.73 Å². The highest BCUT2D eigenvalue weighted by Gasteiger charge is 2.35. The van der Waals surface area contributed by atoms with Crippen molar-refractivity contribution in [2.45, 2.75) is 52.1 Å². The molecule has 5 heteroatoms. The van der Waals surface area contributed by atoms with Gasteiger partial charge in [-0.15, -0.1) is 11.3 Å². The number of hydrogen-bond acceptors (Lipinski definition) is 4. The molecule has 0 aromatic carbocycles. The Morgan fingerprint density at radius 1 is 1.48 bits per heavy atom. The number of nitrogens with two attached hydrogens (primary N) is 1. The average Bonchev–Trinajstić information content (AvgIpc) is 2.98. The van der Waals surface area contributed by atoms with Crippen LogP contribution in [0.2, 0.25) is 0 Å². The summed E-state index contributed by atoms with van der Waals surface area (Å²) in [5, 5.41) is 0.897. The summed E-state index contributed by atoms with van der Waals surface area (Å²) < 4.78 is 0. The number of aromatic nitrogens is 1. The number of likely N-dealkylation sites (tertiary alicyclic amines) is 1. The molecule has 1 amide bonds. The fourth-order valence-corrected chi connectivity index (χ4v) is 4.29. The lowest BCUT2D eigenvalue weighted by Crippen LogP contribution is -2.39. The molecule has 0 radical (unpaired) electrons. The van der Waals surface area contributed by atoms with Crippen LogP contribution in [0.3, 0.4) is 0 Å². The maximum absolute atomic E-state index is 12.9. The van der Waals surface area contributed by atoms with Crippen molar-refractivity contribution in [2.75, 3.05) is 5.73 Å². The van der Waals surface area contributed by atoms with Gasteiger partial charge < -0.3 is 10.6 Å². The molecule has 0 bridgehead atoms. The van der Waals surface area contributed by atoms with Gasteiger partial charge in [0.2, 0.25) is 0 Å². The second-order valence-corrected chi connectivity index (χ2v) is 6.85. The van der Waals surface area contributed by atoms with E-state index < -0.39 is 0 Å². The highest BCUT2D eigenvalue weighted by Crippen LogP contribution is 2.36. The first-order valence-corrected chi connectivity index (χ1v) is 8.32. The van der Waals surface area contributed by atoms with Gasteiger partial charge in [0.05, 0.1) is 5.69 Å². The molecule has 21 heavy (non-hydrogen) atoms. The Bertz CT molecular complexity index is 694. The van der Waals surface area contributed by atoms with Crippen molar-refractivity contribution >= 4 is 33.1 Å². The zero-order valence-corrected chi connectivity index (χ0v) is 13.5. The summed E-state index contributed by atoms with van der Waals surface area (Å²) in [6, 6.07) is 4.53. The predicted molar refractivity (Wildman–Crippen MR) is 87.7 cm³/mol. The standard InChI is InChI=1S/C16H21N3OS/c1-4-11-7-6-10(3)19(11)16(20)14-13(17)12-8-5-9(2)18-15(12)21-14/h5,8,10-11H,4,6-7,17H2,1-3H3. The second kappa shape index (κ2) is 5.30. The molecule has 0 spiro atoms. The van der Waals surface area contributed by atoms with Crippen LogP contribution in [0.15, 0.2) is 12.1 Å². The second-order valence-electron chi connectivity index (χ2n) is 5.85. The van der Waals surface area contributed by atoms with Crippen molar-refractivity contribution in [2.24, 2.45) is 0 Å². The largest absolute Gasteiger partial charge is 0.397 e. The predicted octanol–water partition coefficient (Wildman–Crippen LogP) is 3.59. The lowest BCUT2D eigenvalue weighted by molar-refractivity contribution is 0.0682. The van der Waals surface area contributed by atoms with Crippen LogP contribution in [0, 0.1) is 6.92 Å². The number of nitrogens with zero attached hydrogens (tertiary/aromatic N) is 2. The molecule has 2 aromatic rings. The molecule has 0 saturated carbocycles. The Morgan fingerprint density at radius 3 is 2.95 bits per heavy atom. The van der Waals surface area contributed by atoms with Gasteiger partial charge in [0.1, 0.15) is 9.71 Å². The molecule has 2 atom stereocenters. The highest BCUT2D eigenvalue weighted by molar-refractivity contribution is 7.21. The minimum Gasteiger partial charge on any atom is -0.397 e. The number of anilines is 1. The molecule has 0 aliphatic carbocycles. The van der Waals surface area contributed by atoms with E-state index >= 15 is 0 Å². The molecule has 1 aliphatic heterocycles. The van der Waals surface area contributed by atoms with Crippen LogP contribution >= 0.6 is 11.3 Å². The Hall–Kier alpha value is -1.62. The third-order valence-electron chi connectivity index (χ3n) is 4.42. The Balaban J connectivity index is 2.03. The molecule has 2 N–H and O–H groups in total. The van der Waals surface area contributed by atoms with E-state index in [-0.39, 0.29) is 5.91 Å². The maximum atomic E-state index is 12.9. The Kier molecular flexibility index (Phi) is 3.61. The minimum atomic E-state index is 0.0741. The van der Waals surface area contributed by atoms with Crippen molar-refractivity contribution in [3.63, 3.8) is 0 Å². The van der Waals surface area contributed by atoms with E-state index in [0.29, 0.717) is 22.6 Å². The van der Waals surface area contributed by atoms with Crippen molar-refractivity contribution in [1.29, 1.82) is 0 Å². The van der Waals surface area contributed by atoms with E-state index in [2.05, 4.69) is 18.8 Å². The summed E-state index contributed by atoms with van der Waals surface area (Å²) in [5.74, 6) is 0.0741. The summed E-state index contributed by atoms with van der Waals surface area (Å²) in [4.78, 5) is 21.0. The van der Waals surface area contributed by atoms with Crippen molar-refractivity contribution in [1.82, 2.24) is 9.88 Å². The van der Waals surface area contributed by atoms with Crippen LogP contribution in [-0.4, -0.2) is 27.9 Å². The lowest BCUT2D eigenvalue weighted by Gasteiger charge is -2.27. The smallest absolute Gasteiger partial charge is 0.266 e. The van der Waals surface area contributed by atoms with Crippen molar-refractivity contribution in [3.05, 3.63) is 22.7 Å². The van der Waals surface area contributed by atoms with Crippen LogP contribution in [0.4, 0.5) is 5.69 Å². The van der Waals surface area contributed by atoms with E-state index in [9.17, 15) is 4.79 Å². The molecule has 112 valence electrons. The number of pyridine rings is 1. The Labute approximate surface area is 129 Å². The number of carbonyl (C=O) groups excluding carboxylic acids is 1. The average molecular weight is 303 g/mol. The normalized spacial score (nSPS) is 22.1. The van der Waals surface area contributed by atoms with Crippen LogP contribution in [0.5, 0.6) is 0 Å². The topological polar surface area (TPSA) is 59.2 Å². The van der Waals surface area contributed by atoms with Crippen molar-refractivity contribution in [3.8, 4) is 0 Å². The fourth-order valence-electron chi connectivity index (χ4n) is 3.20. The van der Waals surface area contributed by atoms with E-state index in [0.717, 1.165) is 35.2 Å². The monoisotopic (exact) mass is 303 g/mol. The van der Waals surface area contributed by atoms with Crippen LogP contribution in [0.1, 0.15) is 48.5 Å². The molecule has 2 unspecified atom stereocenters. The molecule has 1 aliphatic rings. The molecule has 4 nitrogen and oxygen atoms in total. The van der Waals surface area contributed by atoms with E-state index in [1.807, 2.05) is 24.0 Å². The summed E-state index contributed by atoms with van der Waals surface area (Å²) >= 11 is 1.42. The first kappa shape index (κ1) is 14.3. The number of carbonyl (C=O) groups is 1. The molecular weight excluding hydrogens is 282 g/mol. The quantitative estimate of drug-likeness (QED) is 0.922. The minimum absolute atomic E-state index is 0.0741. The summed E-state index contributed by atoms with van der Waals surface area (Å²) in [6.07, 6.45) is 3.16. The molecule has 2 aromatic heterocycles. The van der Waals surface area contributed by atoms with E-state index in [1.165, 1.54) is 11.3 Å². The number of aryl methyl sites for hydroxylation is 1. The summed E-state index contributed by atoms with van der Waals surface area (Å²) in [7, 11) is 0. The van der Waals surface area contributed by atoms with Crippen LogP contribution in [-0.2, 0) is 0 Å². The van der Waals surface area contributed by atoms with Gasteiger partial charge in [0.25, 0.3) is 5.91 Å². The first-order chi connectivity index (χ1) is 10.0. The van der Waals surface area contributed by atoms with Gasteiger partial charge in [-0.3, -0.25) is 4.79 Å². The number of amides is 1. The Morgan fingerprint density at radius 2 is 2.24 bits per heavy atom. The maximum Gasteiger partial charge on any atom is 0.266 e. The molecule has 1 saturated heterocycles. The van der Waals surface area contributed by atoms with Gasteiger partial charge in [-0.05, 0) is 45.2 Å². The third kappa shape index (κ3) is 2.29. The van der Waals surface area contributed by atoms with Gasteiger partial charge in [0.15, 0.2) is 0 Å². The lowest BCUT2D eigenvalue weighted by atomic mass is 10.1. The third-order valence-corrected chi connectivity index (χ3v) is 5.52. The fraction of sp³-hybridized carbons (Fsp3) is 0.500. The number of fused-ring (bicyclic) bond motifs is 1. The van der Waals surface area contributed by atoms with Gasteiger partial charge in [-0.2, -0.15) is 0 Å².